The largest absolute Gasteiger partial charge is 0.462 e. The van der Waals surface area contributed by atoms with Crippen LogP contribution in [0.3, 0.4) is 0 Å². The zero-order valence-corrected chi connectivity index (χ0v) is 13.7. The van der Waals surface area contributed by atoms with Crippen molar-refractivity contribution in [3.05, 3.63) is 27.1 Å². The van der Waals surface area contributed by atoms with Gasteiger partial charge in [0.1, 0.15) is 5.00 Å². The fourth-order valence-electron chi connectivity index (χ4n) is 2.50. The van der Waals surface area contributed by atoms with Crippen LogP contribution in [0, 0.1) is 0 Å². The number of aromatic nitrogens is 2. The number of fused-ring (bicyclic) bond motifs is 1. The minimum absolute atomic E-state index is 0.256. The number of hydrogen-bond acceptors (Lipinski definition) is 7. The molecule has 0 unspecified atom stereocenters. The van der Waals surface area contributed by atoms with Crippen molar-refractivity contribution in [2.45, 2.75) is 32.6 Å². The molecule has 0 saturated carbocycles. The van der Waals surface area contributed by atoms with Crippen LogP contribution in [0.1, 0.15) is 51.1 Å². The number of ether oxygens (including phenoxy) is 1. The van der Waals surface area contributed by atoms with E-state index in [4.69, 9.17) is 4.74 Å². The highest BCUT2D eigenvalue weighted by atomic mass is 32.1. The van der Waals surface area contributed by atoms with E-state index in [1.165, 1.54) is 16.2 Å². The van der Waals surface area contributed by atoms with Gasteiger partial charge in [0.05, 0.1) is 12.2 Å². The van der Waals surface area contributed by atoms with Crippen molar-refractivity contribution in [2.75, 3.05) is 11.9 Å². The Morgan fingerprint density at radius 1 is 1.36 bits per heavy atom. The van der Waals surface area contributed by atoms with Gasteiger partial charge in [0.15, 0.2) is 5.69 Å². The van der Waals surface area contributed by atoms with Crippen LogP contribution >= 0.6 is 22.9 Å². The lowest BCUT2D eigenvalue weighted by Crippen LogP contribution is -2.16. The summed E-state index contributed by atoms with van der Waals surface area (Å²) >= 11 is 2.58. The number of nitrogens with zero attached hydrogens (tertiary/aromatic N) is 2. The van der Waals surface area contributed by atoms with Crippen molar-refractivity contribution in [3.8, 4) is 0 Å². The maximum absolute atomic E-state index is 12.3. The Bertz CT molecular complexity index is 695. The van der Waals surface area contributed by atoms with Crippen LogP contribution in [0.2, 0.25) is 0 Å². The van der Waals surface area contributed by atoms with E-state index in [2.05, 4.69) is 14.9 Å². The lowest BCUT2D eigenvalue weighted by Gasteiger charge is -2.12. The molecule has 1 aliphatic carbocycles. The number of aryl methyl sites for hydroxylation is 1. The molecule has 0 radical (unpaired) electrons. The zero-order valence-electron chi connectivity index (χ0n) is 12.0. The second kappa shape index (κ2) is 6.53. The Balaban J connectivity index is 1.94. The summed E-state index contributed by atoms with van der Waals surface area (Å²) < 4.78 is 8.84. The summed E-state index contributed by atoms with van der Waals surface area (Å²) in [4.78, 5) is 25.6. The highest BCUT2D eigenvalue weighted by molar-refractivity contribution is 7.17. The van der Waals surface area contributed by atoms with E-state index in [1.807, 2.05) is 0 Å². The van der Waals surface area contributed by atoms with Gasteiger partial charge in [0.2, 0.25) is 0 Å². The maximum Gasteiger partial charge on any atom is 0.341 e. The minimum Gasteiger partial charge on any atom is -0.462 e. The van der Waals surface area contributed by atoms with Gasteiger partial charge in [-0.05, 0) is 49.7 Å². The maximum atomic E-state index is 12.3. The fourth-order valence-corrected chi connectivity index (χ4v) is 4.21. The Morgan fingerprint density at radius 2 is 2.18 bits per heavy atom. The molecule has 0 atom stereocenters. The Hall–Kier alpha value is -1.80. The predicted molar refractivity (Wildman–Crippen MR) is 84.8 cm³/mol. The molecular weight excluding hydrogens is 322 g/mol. The first-order valence-electron chi connectivity index (χ1n) is 7.10. The molecule has 1 aliphatic rings. The Morgan fingerprint density at radius 3 is 2.91 bits per heavy atom. The molecule has 2 aromatic rings. The van der Waals surface area contributed by atoms with Crippen molar-refractivity contribution in [2.24, 2.45) is 0 Å². The van der Waals surface area contributed by atoms with Gasteiger partial charge in [-0.25, -0.2) is 4.79 Å². The summed E-state index contributed by atoms with van der Waals surface area (Å²) in [6.45, 7) is 2.09. The average molecular weight is 337 g/mol. The first kappa shape index (κ1) is 15.1. The summed E-state index contributed by atoms with van der Waals surface area (Å²) in [5, 5.41) is 8.68. The normalized spacial score (nSPS) is 13.5. The predicted octanol–water partition coefficient (Wildman–Crippen LogP) is 2.91. The van der Waals surface area contributed by atoms with Crippen LogP contribution in [0.5, 0.6) is 0 Å². The average Bonchev–Trinajstić information content (AvgIpc) is 3.14. The van der Waals surface area contributed by atoms with Gasteiger partial charge >= 0.3 is 5.97 Å². The van der Waals surface area contributed by atoms with Crippen molar-refractivity contribution in [3.63, 3.8) is 0 Å². The van der Waals surface area contributed by atoms with E-state index in [9.17, 15) is 9.59 Å². The van der Waals surface area contributed by atoms with Crippen LogP contribution in [0.15, 0.2) is 5.38 Å². The van der Waals surface area contributed by atoms with Crippen molar-refractivity contribution in [1.82, 2.24) is 9.59 Å². The smallest absolute Gasteiger partial charge is 0.341 e. The summed E-state index contributed by atoms with van der Waals surface area (Å²) in [7, 11) is 0. The summed E-state index contributed by atoms with van der Waals surface area (Å²) in [6.07, 6.45) is 3.97. The van der Waals surface area contributed by atoms with Gasteiger partial charge in [-0.15, -0.1) is 16.4 Å². The van der Waals surface area contributed by atoms with Gasteiger partial charge in [0, 0.05) is 10.3 Å². The number of nitrogens with one attached hydrogen (secondary N) is 1. The van der Waals surface area contributed by atoms with Gasteiger partial charge in [-0.3, -0.25) is 4.79 Å². The molecule has 0 fully saturated rings. The van der Waals surface area contributed by atoms with Crippen molar-refractivity contribution in [1.29, 1.82) is 0 Å². The molecule has 0 aliphatic heterocycles. The minimum atomic E-state index is -0.367. The number of carbonyl (C=O) groups is 2. The van der Waals surface area contributed by atoms with Crippen LogP contribution in [0.4, 0.5) is 5.00 Å². The number of rotatable bonds is 4. The molecule has 1 amide bonds. The molecule has 6 nitrogen and oxygen atoms in total. The third-order valence-corrected chi connectivity index (χ3v) is 5.18. The van der Waals surface area contributed by atoms with E-state index in [0.29, 0.717) is 17.2 Å². The second-order valence-corrected chi connectivity index (χ2v) is 6.59. The van der Waals surface area contributed by atoms with Gasteiger partial charge < -0.3 is 10.1 Å². The molecule has 116 valence electrons. The van der Waals surface area contributed by atoms with Gasteiger partial charge in [-0.1, -0.05) is 4.49 Å². The van der Waals surface area contributed by atoms with Crippen LogP contribution < -0.4 is 5.32 Å². The monoisotopic (exact) mass is 337 g/mol. The fraction of sp³-hybridized carbons (Fsp3) is 0.429. The van der Waals surface area contributed by atoms with Gasteiger partial charge in [0.25, 0.3) is 5.91 Å². The third kappa shape index (κ3) is 2.89. The molecule has 1 N–H and O–H groups in total. The lowest BCUT2D eigenvalue weighted by molar-refractivity contribution is 0.0526. The lowest BCUT2D eigenvalue weighted by atomic mass is 9.95. The number of anilines is 1. The number of esters is 1. The number of carbonyl (C=O) groups excluding carboxylic acids is 2. The zero-order chi connectivity index (χ0) is 15.5. The second-order valence-electron chi connectivity index (χ2n) is 4.88. The van der Waals surface area contributed by atoms with Crippen LogP contribution in [-0.4, -0.2) is 28.1 Å². The van der Waals surface area contributed by atoms with E-state index >= 15 is 0 Å². The molecular formula is C14H15N3O3S2. The number of hydrogen-bond donors (Lipinski definition) is 1. The SMILES string of the molecule is CCOC(=O)c1c(NC(=O)c2csnn2)sc2c1CCCC2. The number of amides is 1. The van der Waals surface area contributed by atoms with E-state index in [0.717, 1.165) is 42.8 Å². The van der Waals surface area contributed by atoms with Gasteiger partial charge in [-0.2, -0.15) is 0 Å². The molecule has 3 rings (SSSR count). The molecule has 0 aromatic carbocycles. The van der Waals surface area contributed by atoms with Crippen molar-refractivity contribution < 1.29 is 14.3 Å². The Kier molecular flexibility index (Phi) is 4.49. The molecule has 2 aromatic heterocycles. The summed E-state index contributed by atoms with van der Waals surface area (Å²) in [5.74, 6) is -0.716. The van der Waals surface area contributed by atoms with E-state index in [1.54, 1.807) is 12.3 Å². The highest BCUT2D eigenvalue weighted by Crippen LogP contribution is 2.38. The summed E-state index contributed by atoms with van der Waals surface area (Å²) in [5.41, 5.74) is 1.80. The molecule has 0 spiro atoms. The molecule has 0 bridgehead atoms. The van der Waals surface area contributed by atoms with E-state index < -0.39 is 0 Å². The third-order valence-electron chi connectivity index (χ3n) is 3.47. The first-order chi connectivity index (χ1) is 10.7. The quantitative estimate of drug-likeness (QED) is 0.868. The molecule has 22 heavy (non-hydrogen) atoms. The number of thiophene rings is 1. The van der Waals surface area contributed by atoms with Crippen LogP contribution in [0.25, 0.3) is 0 Å². The van der Waals surface area contributed by atoms with E-state index in [-0.39, 0.29) is 17.6 Å². The Labute approximate surface area is 135 Å². The standard InChI is InChI=1S/C14H15N3O3S2/c1-2-20-14(19)11-8-5-3-4-6-10(8)22-13(11)15-12(18)9-7-21-17-16-9/h7H,2-6H2,1H3,(H,15,18). The first-order valence-corrected chi connectivity index (χ1v) is 8.76. The highest BCUT2D eigenvalue weighted by Gasteiger charge is 2.27. The molecule has 0 saturated heterocycles. The topological polar surface area (TPSA) is 81.2 Å². The molecule has 2 heterocycles. The van der Waals surface area contributed by atoms with Crippen LogP contribution in [-0.2, 0) is 17.6 Å². The molecule has 8 heteroatoms. The van der Waals surface area contributed by atoms with Crippen molar-refractivity contribution >= 4 is 39.7 Å². The summed E-state index contributed by atoms with van der Waals surface area (Å²) in [6, 6.07) is 0.